The van der Waals surface area contributed by atoms with Gasteiger partial charge in [0.25, 0.3) is 5.91 Å². The van der Waals surface area contributed by atoms with Crippen LogP contribution in [-0.4, -0.2) is 23.0 Å². The van der Waals surface area contributed by atoms with Gasteiger partial charge in [0.1, 0.15) is 6.04 Å². The Morgan fingerprint density at radius 1 is 1.33 bits per heavy atom. The van der Waals surface area contributed by atoms with Crippen LogP contribution in [0.5, 0.6) is 0 Å². The van der Waals surface area contributed by atoms with E-state index in [1.54, 1.807) is 30.3 Å². The van der Waals surface area contributed by atoms with Crippen LogP contribution in [0.2, 0.25) is 0 Å². The van der Waals surface area contributed by atoms with Crippen molar-refractivity contribution in [1.29, 1.82) is 0 Å². The number of amides is 1. The quantitative estimate of drug-likeness (QED) is 0.592. The standard InChI is InChI=1S/C14H15NO3/c1-2-3-5-10-12(14(17)18)15-13(16)11-8-6-4-7-9-11/h1,4,6-9,12H,3,5,10H2,(H,15,16)(H,17,18)/t12-/m0/s1. The molecule has 4 heteroatoms. The third-order valence-electron chi connectivity index (χ3n) is 2.45. The molecule has 0 radical (unpaired) electrons. The summed E-state index contributed by atoms with van der Waals surface area (Å²) in [6.07, 6.45) is 6.51. The summed E-state index contributed by atoms with van der Waals surface area (Å²) in [6, 6.07) is 7.61. The van der Waals surface area contributed by atoms with E-state index in [1.165, 1.54) is 0 Å². The third kappa shape index (κ3) is 4.30. The number of rotatable bonds is 6. The van der Waals surface area contributed by atoms with Gasteiger partial charge in [0.15, 0.2) is 0 Å². The van der Waals surface area contributed by atoms with Gasteiger partial charge in [-0.3, -0.25) is 4.79 Å². The van der Waals surface area contributed by atoms with E-state index in [9.17, 15) is 9.59 Å². The first-order valence-corrected chi connectivity index (χ1v) is 5.67. The normalized spacial score (nSPS) is 11.3. The first-order chi connectivity index (χ1) is 8.65. The Morgan fingerprint density at radius 3 is 2.56 bits per heavy atom. The van der Waals surface area contributed by atoms with Crippen molar-refractivity contribution >= 4 is 11.9 Å². The number of carboxylic acid groups (broad SMARTS) is 1. The SMILES string of the molecule is C#CCCC[C@H](NC(=O)c1ccccc1)C(=O)O. The lowest BCUT2D eigenvalue weighted by atomic mass is 10.1. The molecule has 0 saturated carbocycles. The second kappa shape index (κ2) is 7.13. The maximum absolute atomic E-state index is 11.8. The molecule has 1 amide bonds. The van der Waals surface area contributed by atoms with E-state index in [0.29, 0.717) is 24.8 Å². The van der Waals surface area contributed by atoms with Crippen LogP contribution < -0.4 is 5.32 Å². The van der Waals surface area contributed by atoms with Crippen molar-refractivity contribution in [3.8, 4) is 12.3 Å². The van der Waals surface area contributed by atoms with Crippen LogP contribution in [0.4, 0.5) is 0 Å². The minimum atomic E-state index is -1.05. The minimum absolute atomic E-state index is 0.331. The highest BCUT2D eigenvalue weighted by atomic mass is 16.4. The number of nitrogens with one attached hydrogen (secondary N) is 1. The van der Waals surface area contributed by atoms with E-state index in [-0.39, 0.29) is 5.91 Å². The second-order valence-electron chi connectivity index (χ2n) is 3.83. The van der Waals surface area contributed by atoms with Crippen LogP contribution in [0.25, 0.3) is 0 Å². The van der Waals surface area contributed by atoms with E-state index >= 15 is 0 Å². The lowest BCUT2D eigenvalue weighted by molar-refractivity contribution is -0.139. The van der Waals surface area contributed by atoms with Gasteiger partial charge in [-0.1, -0.05) is 18.2 Å². The molecular formula is C14H15NO3. The fourth-order valence-corrected chi connectivity index (χ4v) is 1.50. The Kier molecular flexibility index (Phi) is 5.46. The Hall–Kier alpha value is -2.28. The molecule has 1 rings (SSSR count). The summed E-state index contributed by atoms with van der Waals surface area (Å²) in [7, 11) is 0. The molecular weight excluding hydrogens is 230 g/mol. The number of unbranched alkanes of at least 4 members (excludes halogenated alkanes) is 1. The number of benzene rings is 1. The predicted octanol–water partition coefficient (Wildman–Crippen LogP) is 1.67. The molecule has 0 unspecified atom stereocenters. The van der Waals surface area contributed by atoms with Crippen molar-refractivity contribution < 1.29 is 14.7 Å². The molecule has 0 aliphatic rings. The van der Waals surface area contributed by atoms with Crippen molar-refractivity contribution in [2.45, 2.75) is 25.3 Å². The van der Waals surface area contributed by atoms with Gasteiger partial charge < -0.3 is 10.4 Å². The smallest absolute Gasteiger partial charge is 0.326 e. The minimum Gasteiger partial charge on any atom is -0.480 e. The van der Waals surface area contributed by atoms with Gasteiger partial charge in [-0.05, 0) is 25.0 Å². The molecule has 1 aromatic rings. The Labute approximate surface area is 106 Å². The van der Waals surface area contributed by atoms with E-state index in [4.69, 9.17) is 11.5 Å². The van der Waals surface area contributed by atoms with Crippen molar-refractivity contribution in [3.05, 3.63) is 35.9 Å². The first kappa shape index (κ1) is 13.8. The molecule has 1 atom stereocenters. The average Bonchev–Trinajstić information content (AvgIpc) is 2.38. The zero-order valence-corrected chi connectivity index (χ0v) is 9.93. The van der Waals surface area contributed by atoms with Gasteiger partial charge in [0, 0.05) is 12.0 Å². The summed E-state index contributed by atoms with van der Waals surface area (Å²) in [5.74, 6) is 1.01. The maximum Gasteiger partial charge on any atom is 0.326 e. The zero-order valence-electron chi connectivity index (χ0n) is 9.93. The third-order valence-corrected chi connectivity index (χ3v) is 2.45. The molecule has 18 heavy (non-hydrogen) atoms. The van der Waals surface area contributed by atoms with E-state index in [0.717, 1.165) is 0 Å². The summed E-state index contributed by atoms with van der Waals surface area (Å²) >= 11 is 0. The topological polar surface area (TPSA) is 66.4 Å². The molecule has 0 aromatic heterocycles. The van der Waals surface area contributed by atoms with Crippen LogP contribution in [0.15, 0.2) is 30.3 Å². The Morgan fingerprint density at radius 2 is 2.00 bits per heavy atom. The van der Waals surface area contributed by atoms with Gasteiger partial charge in [0.2, 0.25) is 0 Å². The number of carbonyl (C=O) groups excluding carboxylic acids is 1. The van der Waals surface area contributed by atoms with Crippen LogP contribution in [0, 0.1) is 12.3 Å². The molecule has 0 bridgehead atoms. The number of terminal acetylenes is 1. The summed E-state index contributed by atoms with van der Waals surface area (Å²) in [4.78, 5) is 22.8. The number of hydrogen-bond acceptors (Lipinski definition) is 2. The summed E-state index contributed by atoms with van der Waals surface area (Å²) in [5, 5.41) is 11.5. The molecule has 0 spiro atoms. The lowest BCUT2D eigenvalue weighted by Gasteiger charge is -2.13. The molecule has 0 aliphatic carbocycles. The highest BCUT2D eigenvalue weighted by Gasteiger charge is 2.19. The largest absolute Gasteiger partial charge is 0.480 e. The van der Waals surface area contributed by atoms with Crippen molar-refractivity contribution in [3.63, 3.8) is 0 Å². The lowest BCUT2D eigenvalue weighted by Crippen LogP contribution is -2.40. The number of carbonyl (C=O) groups is 2. The Bertz CT molecular complexity index is 448. The molecule has 4 nitrogen and oxygen atoms in total. The first-order valence-electron chi connectivity index (χ1n) is 5.67. The predicted molar refractivity (Wildman–Crippen MR) is 68.0 cm³/mol. The zero-order chi connectivity index (χ0) is 13.4. The highest BCUT2D eigenvalue weighted by molar-refractivity contribution is 5.96. The summed E-state index contributed by atoms with van der Waals surface area (Å²) < 4.78 is 0. The van der Waals surface area contributed by atoms with Gasteiger partial charge in [-0.15, -0.1) is 12.3 Å². The fourth-order valence-electron chi connectivity index (χ4n) is 1.50. The molecule has 94 valence electrons. The molecule has 0 heterocycles. The summed E-state index contributed by atoms with van der Waals surface area (Å²) in [5.41, 5.74) is 0.445. The van der Waals surface area contributed by atoms with Crippen LogP contribution in [-0.2, 0) is 4.79 Å². The van der Waals surface area contributed by atoms with Crippen LogP contribution in [0.1, 0.15) is 29.6 Å². The second-order valence-corrected chi connectivity index (χ2v) is 3.83. The number of carboxylic acids is 1. The molecule has 0 aliphatic heterocycles. The van der Waals surface area contributed by atoms with Crippen molar-refractivity contribution in [2.24, 2.45) is 0 Å². The van der Waals surface area contributed by atoms with Crippen molar-refractivity contribution in [1.82, 2.24) is 5.32 Å². The monoisotopic (exact) mass is 245 g/mol. The molecule has 0 fully saturated rings. The van der Waals surface area contributed by atoms with Gasteiger partial charge in [0.05, 0.1) is 0 Å². The van der Waals surface area contributed by atoms with Crippen LogP contribution in [0.3, 0.4) is 0 Å². The van der Waals surface area contributed by atoms with Crippen LogP contribution >= 0.6 is 0 Å². The summed E-state index contributed by atoms with van der Waals surface area (Å²) in [6.45, 7) is 0. The van der Waals surface area contributed by atoms with Gasteiger partial charge in [-0.25, -0.2) is 4.79 Å². The van der Waals surface area contributed by atoms with E-state index in [1.807, 2.05) is 0 Å². The van der Waals surface area contributed by atoms with Gasteiger partial charge >= 0.3 is 5.97 Å². The number of aliphatic carboxylic acids is 1. The molecule has 2 N–H and O–H groups in total. The Balaban J connectivity index is 2.59. The highest BCUT2D eigenvalue weighted by Crippen LogP contribution is 2.04. The molecule has 0 saturated heterocycles. The van der Waals surface area contributed by atoms with E-state index in [2.05, 4.69) is 11.2 Å². The number of hydrogen-bond donors (Lipinski definition) is 2. The maximum atomic E-state index is 11.8. The van der Waals surface area contributed by atoms with Crippen molar-refractivity contribution in [2.75, 3.05) is 0 Å². The van der Waals surface area contributed by atoms with E-state index < -0.39 is 12.0 Å². The average molecular weight is 245 g/mol. The van der Waals surface area contributed by atoms with Gasteiger partial charge in [-0.2, -0.15) is 0 Å². The molecule has 1 aromatic carbocycles. The fraction of sp³-hybridized carbons (Fsp3) is 0.286.